The van der Waals surface area contributed by atoms with Crippen LogP contribution in [0.1, 0.15) is 64.0 Å². The lowest BCUT2D eigenvalue weighted by Gasteiger charge is -2.16. The van der Waals surface area contributed by atoms with Crippen LogP contribution in [-0.4, -0.2) is 46.0 Å². The van der Waals surface area contributed by atoms with Gasteiger partial charge < -0.3 is 9.88 Å². The molecule has 2 aliphatic rings. The topological polar surface area (TPSA) is 60.8 Å². The molecule has 1 N–H and O–H groups in total. The number of benzene rings is 1. The molecule has 1 aliphatic heterocycles. The van der Waals surface area contributed by atoms with Gasteiger partial charge in [-0.1, -0.05) is 19.9 Å². The summed E-state index contributed by atoms with van der Waals surface area (Å²) in [4.78, 5) is 16.2. The Morgan fingerprint density at radius 1 is 1.21 bits per heavy atom. The maximum absolute atomic E-state index is 14.1. The fraction of sp³-hybridized carbons (Fsp3) is 0.500. The number of halogens is 2. The summed E-state index contributed by atoms with van der Waals surface area (Å²) in [5.41, 5.74) is 2.30. The van der Waals surface area contributed by atoms with Gasteiger partial charge in [0, 0.05) is 36.2 Å². The molecule has 1 saturated heterocycles. The third kappa shape index (κ3) is 6.63. The summed E-state index contributed by atoms with van der Waals surface area (Å²) in [7, 11) is 0. The fourth-order valence-corrected chi connectivity index (χ4v) is 5.24. The second-order valence-corrected chi connectivity index (χ2v) is 10.0. The average molecular weight is 489 g/mol. The number of thioether (sulfide) groups is 1. The van der Waals surface area contributed by atoms with Crippen molar-refractivity contribution in [2.75, 3.05) is 25.4 Å². The van der Waals surface area contributed by atoms with E-state index in [1.165, 1.54) is 12.1 Å². The lowest BCUT2D eigenvalue weighted by atomic mass is 9.98. The van der Waals surface area contributed by atoms with E-state index in [0.717, 1.165) is 67.0 Å². The van der Waals surface area contributed by atoms with Crippen LogP contribution in [0, 0.1) is 17.0 Å². The molecule has 2 fully saturated rings. The Morgan fingerprint density at radius 3 is 2.71 bits per heavy atom. The van der Waals surface area contributed by atoms with E-state index >= 15 is 0 Å². The number of pyridine rings is 1. The molecule has 1 aromatic carbocycles. The summed E-state index contributed by atoms with van der Waals surface area (Å²) in [5, 5.41) is 9.44. The lowest BCUT2D eigenvalue weighted by Crippen LogP contribution is -2.23. The minimum absolute atomic E-state index is 0.138. The zero-order valence-electron chi connectivity index (χ0n) is 20.4. The Labute approximate surface area is 204 Å². The highest BCUT2D eigenvalue weighted by Crippen LogP contribution is 2.64. The van der Waals surface area contributed by atoms with Crippen molar-refractivity contribution < 1.29 is 8.78 Å². The maximum Gasteiger partial charge on any atom is 0.247 e. The second-order valence-electron chi connectivity index (χ2n) is 8.76. The minimum atomic E-state index is -0.511. The number of rotatable bonds is 7. The minimum Gasteiger partial charge on any atom is -0.328 e. The molecule has 1 aliphatic carbocycles. The first-order chi connectivity index (χ1) is 16.4. The summed E-state index contributed by atoms with van der Waals surface area (Å²) >= 11 is 1.69. The van der Waals surface area contributed by atoms with Crippen molar-refractivity contribution >= 4 is 22.5 Å². The molecule has 0 bridgehead atoms. The molecule has 2 atom stereocenters. The molecule has 1 saturated carbocycles. The van der Waals surface area contributed by atoms with E-state index in [1.807, 2.05) is 27.7 Å². The van der Waals surface area contributed by atoms with Gasteiger partial charge in [-0.05, 0) is 75.2 Å². The number of nitrogens with one attached hydrogen (secondary N) is 1. The van der Waals surface area contributed by atoms with Crippen LogP contribution in [0.2, 0.25) is 0 Å². The predicted molar refractivity (Wildman–Crippen MR) is 138 cm³/mol. The van der Waals surface area contributed by atoms with E-state index in [1.54, 1.807) is 30.1 Å². The van der Waals surface area contributed by atoms with Crippen molar-refractivity contribution in [2.45, 2.75) is 52.9 Å². The Balaban J connectivity index is 0.00000158. The van der Waals surface area contributed by atoms with Crippen LogP contribution in [0.4, 0.5) is 8.78 Å². The van der Waals surface area contributed by atoms with Crippen LogP contribution in [0.15, 0.2) is 51.5 Å². The van der Waals surface area contributed by atoms with Crippen LogP contribution in [-0.2, 0) is 0 Å². The quantitative estimate of drug-likeness (QED) is 0.231. The molecule has 0 amide bonds. The third-order valence-corrected chi connectivity index (χ3v) is 7.46. The van der Waals surface area contributed by atoms with Crippen LogP contribution in [0.5, 0.6) is 0 Å². The van der Waals surface area contributed by atoms with Gasteiger partial charge in [0.15, 0.2) is 0 Å². The zero-order chi connectivity index (χ0) is 24.7. The fourth-order valence-electron chi connectivity index (χ4n) is 4.57. The first-order valence-electron chi connectivity index (χ1n) is 11.9. The Bertz CT molecular complexity index is 1080. The van der Waals surface area contributed by atoms with E-state index in [0.29, 0.717) is 5.56 Å². The summed E-state index contributed by atoms with van der Waals surface area (Å²) in [6.07, 6.45) is 4.77. The number of hydrogen-bond donors (Lipinski definition) is 1. The van der Waals surface area contributed by atoms with Crippen LogP contribution >= 0.6 is 11.8 Å². The van der Waals surface area contributed by atoms with E-state index in [4.69, 9.17) is 0 Å². The molecule has 184 valence electrons. The van der Waals surface area contributed by atoms with E-state index in [2.05, 4.69) is 20.1 Å². The summed E-state index contributed by atoms with van der Waals surface area (Å²) in [5.74, 6) is 0.264. The average Bonchev–Trinajstić information content (AvgIpc) is 3.36. The molecule has 0 radical (unpaired) electrons. The monoisotopic (exact) mass is 488 g/mol. The Hall–Kier alpha value is -2.32. The van der Waals surface area contributed by atoms with Crippen LogP contribution in [0.3, 0.4) is 0 Å². The highest BCUT2D eigenvalue weighted by atomic mass is 32.2. The van der Waals surface area contributed by atoms with Gasteiger partial charge >= 0.3 is 0 Å². The van der Waals surface area contributed by atoms with E-state index in [-0.39, 0.29) is 16.9 Å². The molecule has 2 aromatic rings. The summed E-state index contributed by atoms with van der Waals surface area (Å²) in [6, 6.07) is 7.19. The number of nitrogens with zero attached hydrogens (tertiary/aromatic N) is 3. The number of likely N-dealkylation sites (tertiary alicyclic amines) is 1. The Kier molecular flexibility index (Phi) is 9.19. The zero-order valence-corrected chi connectivity index (χ0v) is 21.2. The van der Waals surface area contributed by atoms with Crippen LogP contribution < -0.4 is 5.56 Å². The van der Waals surface area contributed by atoms with Gasteiger partial charge in [-0.2, -0.15) is 5.10 Å². The van der Waals surface area contributed by atoms with Crippen molar-refractivity contribution in [3.05, 3.63) is 69.6 Å². The van der Waals surface area contributed by atoms with Gasteiger partial charge in [0.05, 0.1) is 10.8 Å². The Morgan fingerprint density at radius 2 is 2.00 bits per heavy atom. The highest BCUT2D eigenvalue weighted by molar-refractivity contribution is 8.13. The molecule has 4 rings (SSSR count). The second kappa shape index (κ2) is 11.9. The van der Waals surface area contributed by atoms with Crippen LogP contribution in [0.25, 0.3) is 0 Å². The maximum atomic E-state index is 14.1. The molecule has 2 heterocycles. The van der Waals surface area contributed by atoms with Gasteiger partial charge in [0.2, 0.25) is 5.56 Å². The summed E-state index contributed by atoms with van der Waals surface area (Å²) < 4.78 is 27.3. The van der Waals surface area contributed by atoms with Crippen molar-refractivity contribution in [3.8, 4) is 0 Å². The summed E-state index contributed by atoms with van der Waals surface area (Å²) in [6.45, 7) is 10.9. The number of H-pyrrole nitrogens is 1. The smallest absolute Gasteiger partial charge is 0.247 e. The molecule has 8 heteroatoms. The van der Waals surface area contributed by atoms with Crippen molar-refractivity contribution in [2.24, 2.45) is 15.6 Å². The lowest BCUT2D eigenvalue weighted by molar-refractivity contribution is 0.319. The number of hydrogen-bond acceptors (Lipinski definition) is 5. The third-order valence-electron chi connectivity index (χ3n) is 6.46. The highest BCUT2D eigenvalue weighted by Gasteiger charge is 2.58. The molecular weight excluding hydrogens is 454 g/mol. The van der Waals surface area contributed by atoms with Gasteiger partial charge in [-0.25, -0.2) is 8.78 Å². The SMILES string of the molecule is C/C(=N\N=C(/C)c1ccc(=O)[nH]c1)SCCCN1CCC2(C[C@@H]2c2ccc(F)cc2F)C1.CC. The molecule has 1 spiro atoms. The van der Waals surface area contributed by atoms with Crippen molar-refractivity contribution in [1.29, 1.82) is 0 Å². The molecule has 34 heavy (non-hydrogen) atoms. The standard InChI is InChI=1S/C24H28F2N4OS.C2H6/c1-16(18-4-7-23(31)27-14-18)28-29-17(2)32-11-3-9-30-10-8-24(15-30)13-21(24)20-6-5-19(25)12-22(20)26;1-2/h4-7,12,14,21H,3,8-11,13,15H2,1-2H3,(H,27,31);1-2H3/b28-16+,29-17+;/t21-,24?;/m1./s1. The number of aromatic amines is 1. The molecule has 1 aromatic heterocycles. The van der Waals surface area contributed by atoms with Crippen molar-refractivity contribution in [1.82, 2.24) is 9.88 Å². The van der Waals surface area contributed by atoms with Gasteiger partial charge in [-0.15, -0.1) is 16.9 Å². The number of aromatic nitrogens is 1. The van der Waals surface area contributed by atoms with E-state index in [9.17, 15) is 13.6 Å². The molecular formula is C26H34F2N4OS. The first-order valence-corrected chi connectivity index (χ1v) is 12.9. The van der Waals surface area contributed by atoms with Gasteiger partial charge in [0.25, 0.3) is 0 Å². The predicted octanol–water partition coefficient (Wildman–Crippen LogP) is 5.82. The largest absolute Gasteiger partial charge is 0.328 e. The van der Waals surface area contributed by atoms with E-state index < -0.39 is 11.6 Å². The molecule has 5 nitrogen and oxygen atoms in total. The van der Waals surface area contributed by atoms with Gasteiger partial charge in [-0.3, -0.25) is 4.79 Å². The molecule has 1 unspecified atom stereocenters. The van der Waals surface area contributed by atoms with Gasteiger partial charge in [0.1, 0.15) is 11.6 Å². The van der Waals surface area contributed by atoms with Crippen molar-refractivity contribution in [3.63, 3.8) is 0 Å². The first kappa shape index (κ1) is 26.3. The normalized spacial score (nSPS) is 22.6.